The second-order valence-corrected chi connectivity index (χ2v) is 3.93. The van der Waals surface area contributed by atoms with E-state index in [9.17, 15) is 22.8 Å². The molecule has 3 amide bonds. The highest BCUT2D eigenvalue weighted by molar-refractivity contribution is 6.07. The van der Waals surface area contributed by atoms with Crippen LogP contribution in [0.5, 0.6) is 0 Å². The second-order valence-electron chi connectivity index (χ2n) is 3.93. The maximum atomic E-state index is 12.0. The molecule has 0 atom stereocenters. The van der Waals surface area contributed by atoms with E-state index < -0.39 is 18.1 Å². The number of amides is 3. The SMILES string of the molecule is O=C(NC(=O)C(F)(F)F)Nc1cccc2ccccc12. The van der Waals surface area contributed by atoms with Crippen LogP contribution in [0.4, 0.5) is 23.7 Å². The zero-order valence-corrected chi connectivity index (χ0v) is 9.99. The second kappa shape index (κ2) is 5.20. The lowest BCUT2D eigenvalue weighted by molar-refractivity contribution is -0.172. The zero-order chi connectivity index (χ0) is 14.8. The molecule has 104 valence electrons. The molecule has 0 fully saturated rings. The monoisotopic (exact) mass is 282 g/mol. The highest BCUT2D eigenvalue weighted by Crippen LogP contribution is 2.22. The molecule has 2 aromatic carbocycles. The van der Waals surface area contributed by atoms with E-state index in [0.717, 1.165) is 5.39 Å². The number of benzene rings is 2. The van der Waals surface area contributed by atoms with Gasteiger partial charge < -0.3 is 5.32 Å². The molecule has 0 saturated heterocycles. The zero-order valence-electron chi connectivity index (χ0n) is 9.99. The third kappa shape index (κ3) is 3.05. The van der Waals surface area contributed by atoms with E-state index >= 15 is 0 Å². The fourth-order valence-electron chi connectivity index (χ4n) is 1.66. The lowest BCUT2D eigenvalue weighted by Crippen LogP contribution is -2.42. The minimum absolute atomic E-state index is 0.315. The van der Waals surface area contributed by atoms with Crippen molar-refractivity contribution in [1.29, 1.82) is 0 Å². The van der Waals surface area contributed by atoms with Gasteiger partial charge in [-0.15, -0.1) is 0 Å². The van der Waals surface area contributed by atoms with Crippen molar-refractivity contribution in [3.05, 3.63) is 42.5 Å². The van der Waals surface area contributed by atoms with E-state index in [1.54, 1.807) is 36.4 Å². The third-order valence-corrected chi connectivity index (χ3v) is 2.52. The summed E-state index contributed by atoms with van der Waals surface area (Å²) in [7, 11) is 0. The molecule has 2 N–H and O–H groups in total. The fraction of sp³-hybridized carbons (Fsp3) is 0.0769. The number of hydrogen-bond acceptors (Lipinski definition) is 2. The number of fused-ring (bicyclic) bond motifs is 1. The molecule has 0 saturated carbocycles. The van der Waals surface area contributed by atoms with Gasteiger partial charge in [-0.1, -0.05) is 36.4 Å². The van der Waals surface area contributed by atoms with Gasteiger partial charge in [0.25, 0.3) is 0 Å². The molecule has 2 rings (SSSR count). The molecule has 0 aliphatic heterocycles. The summed E-state index contributed by atoms with van der Waals surface area (Å²) in [5.41, 5.74) is 0.315. The molecule has 2 aromatic rings. The van der Waals surface area contributed by atoms with Crippen molar-refractivity contribution in [2.45, 2.75) is 6.18 Å². The molecule has 20 heavy (non-hydrogen) atoms. The average molecular weight is 282 g/mol. The minimum atomic E-state index is -5.10. The van der Waals surface area contributed by atoms with Crippen LogP contribution in [0.3, 0.4) is 0 Å². The van der Waals surface area contributed by atoms with E-state index in [0.29, 0.717) is 11.1 Å². The Hall–Kier alpha value is -2.57. The maximum absolute atomic E-state index is 12.0. The van der Waals surface area contributed by atoms with E-state index in [4.69, 9.17) is 0 Å². The molecule has 0 bridgehead atoms. The van der Waals surface area contributed by atoms with Crippen LogP contribution < -0.4 is 10.6 Å². The predicted octanol–water partition coefficient (Wildman–Crippen LogP) is 3.05. The van der Waals surface area contributed by atoms with E-state index in [1.807, 2.05) is 0 Å². The molecule has 0 radical (unpaired) electrons. The van der Waals surface area contributed by atoms with Crippen LogP contribution in [-0.4, -0.2) is 18.1 Å². The smallest absolute Gasteiger partial charge is 0.307 e. The molecular formula is C13H9F3N2O2. The number of hydrogen-bond donors (Lipinski definition) is 2. The maximum Gasteiger partial charge on any atom is 0.471 e. The fourth-order valence-corrected chi connectivity index (χ4v) is 1.66. The first kappa shape index (κ1) is 13.9. The summed E-state index contributed by atoms with van der Waals surface area (Å²) in [6.07, 6.45) is -5.10. The molecular weight excluding hydrogens is 273 g/mol. The average Bonchev–Trinajstić information content (AvgIpc) is 2.38. The van der Waals surface area contributed by atoms with Gasteiger partial charge in [-0.2, -0.15) is 13.2 Å². The van der Waals surface area contributed by atoms with Crippen LogP contribution in [0.2, 0.25) is 0 Å². The first-order valence-electron chi connectivity index (χ1n) is 5.55. The molecule has 0 unspecified atom stereocenters. The quantitative estimate of drug-likeness (QED) is 0.844. The summed E-state index contributed by atoms with van der Waals surface area (Å²) in [5, 5.41) is 4.91. The number of carbonyl (C=O) groups is 2. The van der Waals surface area contributed by atoms with Gasteiger partial charge >= 0.3 is 18.1 Å². The van der Waals surface area contributed by atoms with Crippen LogP contribution in [0.15, 0.2) is 42.5 Å². The Morgan fingerprint density at radius 1 is 0.950 bits per heavy atom. The van der Waals surface area contributed by atoms with E-state index in [2.05, 4.69) is 5.32 Å². The van der Waals surface area contributed by atoms with E-state index in [-0.39, 0.29) is 0 Å². The lowest BCUT2D eigenvalue weighted by Gasteiger charge is -2.10. The molecule has 0 aromatic heterocycles. The Morgan fingerprint density at radius 2 is 1.60 bits per heavy atom. The largest absolute Gasteiger partial charge is 0.471 e. The number of carbonyl (C=O) groups excluding carboxylic acids is 2. The number of imide groups is 1. The number of alkyl halides is 3. The van der Waals surface area contributed by atoms with Gasteiger partial charge in [0, 0.05) is 5.39 Å². The Morgan fingerprint density at radius 3 is 2.30 bits per heavy atom. The van der Waals surface area contributed by atoms with Crippen molar-refractivity contribution < 1.29 is 22.8 Å². The summed E-state index contributed by atoms with van der Waals surface area (Å²) in [4.78, 5) is 22.0. The van der Waals surface area contributed by atoms with Crippen LogP contribution in [0, 0.1) is 0 Å². The number of halogens is 3. The Balaban J connectivity index is 2.17. The van der Waals surface area contributed by atoms with Gasteiger partial charge in [-0.05, 0) is 11.5 Å². The predicted molar refractivity (Wildman–Crippen MR) is 67.2 cm³/mol. The van der Waals surface area contributed by atoms with Crippen molar-refractivity contribution in [1.82, 2.24) is 5.32 Å². The van der Waals surface area contributed by atoms with Crippen molar-refractivity contribution in [2.24, 2.45) is 0 Å². The van der Waals surface area contributed by atoms with Crippen LogP contribution in [0.25, 0.3) is 10.8 Å². The van der Waals surface area contributed by atoms with Crippen molar-refractivity contribution in [3.8, 4) is 0 Å². The number of anilines is 1. The molecule has 0 aliphatic carbocycles. The van der Waals surface area contributed by atoms with Gasteiger partial charge in [0.1, 0.15) is 0 Å². The molecule has 0 aliphatic rings. The normalized spacial score (nSPS) is 11.2. The standard InChI is InChI=1S/C13H9F3N2O2/c14-13(15,16)11(19)18-12(20)17-10-7-3-5-8-4-1-2-6-9(8)10/h1-7H,(H2,17,18,19,20). The molecule has 4 nitrogen and oxygen atoms in total. The van der Waals surface area contributed by atoms with Gasteiger partial charge in [-0.25, -0.2) is 4.79 Å². The minimum Gasteiger partial charge on any atom is -0.307 e. The van der Waals surface area contributed by atoms with Crippen molar-refractivity contribution in [3.63, 3.8) is 0 Å². The summed E-state index contributed by atoms with van der Waals surface area (Å²) in [6.45, 7) is 0. The Kier molecular flexibility index (Phi) is 3.60. The topological polar surface area (TPSA) is 58.2 Å². The first-order chi connectivity index (χ1) is 9.38. The Labute approximate surface area is 111 Å². The molecule has 0 heterocycles. The molecule has 7 heteroatoms. The number of rotatable bonds is 1. The van der Waals surface area contributed by atoms with Crippen LogP contribution in [-0.2, 0) is 4.79 Å². The summed E-state index contributed by atoms with van der Waals surface area (Å²) < 4.78 is 36.0. The van der Waals surface area contributed by atoms with E-state index in [1.165, 1.54) is 11.4 Å². The van der Waals surface area contributed by atoms with Crippen LogP contribution >= 0.6 is 0 Å². The molecule has 0 spiro atoms. The number of nitrogens with one attached hydrogen (secondary N) is 2. The van der Waals surface area contributed by atoms with Crippen LogP contribution in [0.1, 0.15) is 0 Å². The third-order valence-electron chi connectivity index (χ3n) is 2.52. The van der Waals surface area contributed by atoms with Gasteiger partial charge in [0.15, 0.2) is 0 Å². The van der Waals surface area contributed by atoms with Crippen molar-refractivity contribution >= 4 is 28.4 Å². The van der Waals surface area contributed by atoms with Crippen molar-refractivity contribution in [2.75, 3.05) is 5.32 Å². The highest BCUT2D eigenvalue weighted by Gasteiger charge is 2.39. The first-order valence-corrected chi connectivity index (χ1v) is 5.55. The summed E-state index contributed by atoms with van der Waals surface area (Å²) >= 11 is 0. The summed E-state index contributed by atoms with van der Waals surface area (Å²) in [6, 6.07) is 10.7. The van der Waals surface area contributed by atoms with Gasteiger partial charge in [-0.3, -0.25) is 10.1 Å². The highest BCUT2D eigenvalue weighted by atomic mass is 19.4. The van der Waals surface area contributed by atoms with Gasteiger partial charge in [0.05, 0.1) is 5.69 Å². The Bertz CT molecular complexity index is 663. The van der Waals surface area contributed by atoms with Gasteiger partial charge in [0.2, 0.25) is 0 Å². The number of urea groups is 1. The lowest BCUT2D eigenvalue weighted by atomic mass is 10.1. The summed E-state index contributed by atoms with van der Waals surface area (Å²) in [5.74, 6) is -2.31.